The Bertz CT molecular complexity index is 130. The summed E-state index contributed by atoms with van der Waals surface area (Å²) in [6.07, 6.45) is 3.30. The van der Waals surface area contributed by atoms with Gasteiger partial charge in [0.15, 0.2) is 0 Å². The lowest BCUT2D eigenvalue weighted by Crippen LogP contribution is -1.72. The molecule has 0 aliphatic carbocycles. The maximum Gasteiger partial charge on any atom is 0.00479 e. The third-order valence-corrected chi connectivity index (χ3v) is 1.88. The van der Waals surface area contributed by atoms with E-state index in [1.807, 2.05) is 11.3 Å². The maximum absolute atomic E-state index is 2.17. The summed E-state index contributed by atoms with van der Waals surface area (Å²) >= 11 is 1.82. The fraction of sp³-hybridized carbons (Fsp3) is 0.286. The van der Waals surface area contributed by atoms with Crippen molar-refractivity contribution in [2.24, 2.45) is 0 Å². The van der Waals surface area contributed by atoms with E-state index in [1.54, 1.807) is 0 Å². The van der Waals surface area contributed by atoms with Crippen molar-refractivity contribution in [3.05, 3.63) is 28.8 Å². The first-order valence-corrected chi connectivity index (χ1v) is 3.61. The number of hydrogen-bond donors (Lipinski definition) is 0. The number of hydrogen-bond acceptors (Lipinski definition) is 1. The molecule has 1 rings (SSSR count). The van der Waals surface area contributed by atoms with Crippen molar-refractivity contribution in [1.29, 1.82) is 0 Å². The van der Waals surface area contributed by atoms with Crippen LogP contribution in [0.2, 0.25) is 0 Å². The van der Waals surface area contributed by atoms with Crippen LogP contribution in [0.4, 0.5) is 0 Å². The van der Waals surface area contributed by atoms with Gasteiger partial charge in [-0.15, -0.1) is 11.3 Å². The Morgan fingerprint density at radius 2 is 2.62 bits per heavy atom. The van der Waals surface area contributed by atoms with Crippen LogP contribution >= 0.6 is 11.3 Å². The summed E-state index contributed by atoms with van der Waals surface area (Å²) in [5.74, 6) is 0. The van der Waals surface area contributed by atoms with E-state index in [9.17, 15) is 0 Å². The minimum Gasteiger partial charge on any atom is -0.149 e. The van der Waals surface area contributed by atoms with E-state index >= 15 is 0 Å². The van der Waals surface area contributed by atoms with Crippen LogP contribution in [0.15, 0.2) is 17.5 Å². The lowest BCUT2D eigenvalue weighted by molar-refractivity contribution is 1.18. The first-order valence-electron chi connectivity index (χ1n) is 2.73. The Balaban J connectivity index is 2.50. The van der Waals surface area contributed by atoms with Crippen molar-refractivity contribution in [1.82, 2.24) is 0 Å². The summed E-state index contributed by atoms with van der Waals surface area (Å²) < 4.78 is 0. The Morgan fingerprint density at radius 3 is 3.12 bits per heavy atom. The molecule has 1 heteroatoms. The summed E-state index contributed by atoms with van der Waals surface area (Å²) in [5, 5.41) is 2.11. The van der Waals surface area contributed by atoms with E-state index in [4.69, 9.17) is 0 Å². The molecule has 0 bridgehead atoms. The molecule has 1 heterocycles. The molecule has 8 heavy (non-hydrogen) atoms. The van der Waals surface area contributed by atoms with Crippen LogP contribution < -0.4 is 0 Å². The Morgan fingerprint density at radius 1 is 1.75 bits per heavy atom. The molecule has 0 fully saturated rings. The summed E-state index contributed by atoms with van der Waals surface area (Å²) in [6, 6.07) is 4.24. The highest BCUT2D eigenvalue weighted by Crippen LogP contribution is 2.09. The Kier molecular flexibility index (Phi) is 2.10. The minimum atomic E-state index is 1.12. The lowest BCUT2D eigenvalue weighted by atomic mass is 10.3. The molecule has 0 spiro atoms. The van der Waals surface area contributed by atoms with Gasteiger partial charge < -0.3 is 0 Å². The molecular formula is C7H9S. The second-order valence-electron chi connectivity index (χ2n) is 1.69. The highest BCUT2D eigenvalue weighted by atomic mass is 32.1. The van der Waals surface area contributed by atoms with Gasteiger partial charge >= 0.3 is 0 Å². The molecule has 0 N–H and O–H groups in total. The van der Waals surface area contributed by atoms with E-state index in [0.717, 1.165) is 6.42 Å². The second-order valence-corrected chi connectivity index (χ2v) is 2.72. The quantitative estimate of drug-likeness (QED) is 0.569. The van der Waals surface area contributed by atoms with Gasteiger partial charge in [0.2, 0.25) is 0 Å². The van der Waals surface area contributed by atoms with E-state index in [2.05, 4.69) is 30.9 Å². The summed E-state index contributed by atoms with van der Waals surface area (Å²) in [4.78, 5) is 1.45. The molecule has 0 atom stereocenters. The third-order valence-electron chi connectivity index (χ3n) is 0.985. The van der Waals surface area contributed by atoms with Crippen molar-refractivity contribution in [2.45, 2.75) is 13.3 Å². The predicted octanol–water partition coefficient (Wildman–Crippen LogP) is 2.51. The summed E-state index contributed by atoms with van der Waals surface area (Å²) in [5.41, 5.74) is 0. The lowest BCUT2D eigenvalue weighted by Gasteiger charge is -1.85. The molecule has 0 amide bonds. The highest BCUT2D eigenvalue weighted by Gasteiger charge is 1.87. The zero-order valence-electron chi connectivity index (χ0n) is 4.92. The van der Waals surface area contributed by atoms with Crippen LogP contribution in [0.3, 0.4) is 0 Å². The largest absolute Gasteiger partial charge is 0.149 e. The molecule has 0 aliphatic rings. The van der Waals surface area contributed by atoms with Crippen molar-refractivity contribution in [3.8, 4) is 0 Å². The van der Waals surface area contributed by atoms with Gasteiger partial charge in [0.1, 0.15) is 0 Å². The van der Waals surface area contributed by atoms with Crippen molar-refractivity contribution >= 4 is 11.3 Å². The van der Waals surface area contributed by atoms with Crippen LogP contribution in [-0.4, -0.2) is 0 Å². The van der Waals surface area contributed by atoms with Crippen LogP contribution in [0.5, 0.6) is 0 Å². The molecule has 0 aliphatic heterocycles. The van der Waals surface area contributed by atoms with E-state index in [0.29, 0.717) is 0 Å². The van der Waals surface area contributed by atoms with Crippen molar-refractivity contribution in [2.75, 3.05) is 0 Å². The molecule has 0 saturated carbocycles. The first-order chi connectivity index (χ1) is 3.93. The van der Waals surface area contributed by atoms with Gasteiger partial charge in [0.05, 0.1) is 0 Å². The zero-order chi connectivity index (χ0) is 5.82. The smallest absolute Gasteiger partial charge is 0.00479 e. The van der Waals surface area contributed by atoms with Gasteiger partial charge in [-0.2, -0.15) is 0 Å². The molecule has 0 unspecified atom stereocenters. The molecule has 1 radical (unpaired) electrons. The number of rotatable bonds is 2. The van der Waals surface area contributed by atoms with Gasteiger partial charge in [-0.05, 0) is 24.3 Å². The summed E-state index contributed by atoms with van der Waals surface area (Å²) in [6.45, 7) is 2.08. The maximum atomic E-state index is 2.17. The standard InChI is InChI=1S/C7H9S/c1-2-4-7-5-3-6-8-7/h2-3,5-6H,4H2,1H3. The van der Waals surface area contributed by atoms with Gasteiger partial charge in [-0.3, -0.25) is 0 Å². The van der Waals surface area contributed by atoms with Gasteiger partial charge in [-0.25, -0.2) is 0 Å². The third kappa shape index (κ3) is 1.34. The molecule has 43 valence electrons. The summed E-state index contributed by atoms with van der Waals surface area (Å²) in [7, 11) is 0. The van der Waals surface area contributed by atoms with Gasteiger partial charge in [0, 0.05) is 4.88 Å². The SMILES string of the molecule is C[CH]Cc1cccs1. The van der Waals surface area contributed by atoms with Crippen LogP contribution in [0, 0.1) is 6.42 Å². The highest BCUT2D eigenvalue weighted by molar-refractivity contribution is 7.09. The molecule has 0 nitrogen and oxygen atoms in total. The van der Waals surface area contributed by atoms with Crippen molar-refractivity contribution in [3.63, 3.8) is 0 Å². The number of thiophene rings is 1. The van der Waals surface area contributed by atoms with Crippen molar-refractivity contribution < 1.29 is 0 Å². The Labute approximate surface area is 54.2 Å². The molecule has 1 aromatic rings. The van der Waals surface area contributed by atoms with E-state index < -0.39 is 0 Å². The minimum absolute atomic E-state index is 1.12. The van der Waals surface area contributed by atoms with Crippen LogP contribution in [0.25, 0.3) is 0 Å². The van der Waals surface area contributed by atoms with E-state index in [1.165, 1.54) is 4.88 Å². The Hall–Kier alpha value is -0.300. The topological polar surface area (TPSA) is 0 Å². The van der Waals surface area contributed by atoms with Gasteiger partial charge in [0.25, 0.3) is 0 Å². The monoisotopic (exact) mass is 125 g/mol. The average molecular weight is 125 g/mol. The second kappa shape index (κ2) is 2.88. The molecule has 1 aromatic heterocycles. The van der Waals surface area contributed by atoms with Gasteiger partial charge in [-0.1, -0.05) is 13.0 Å². The van der Waals surface area contributed by atoms with E-state index in [-0.39, 0.29) is 0 Å². The average Bonchev–Trinajstić information content (AvgIpc) is 2.19. The van der Waals surface area contributed by atoms with Crippen LogP contribution in [0.1, 0.15) is 11.8 Å². The molecule has 0 aromatic carbocycles. The normalized spacial score (nSPS) is 9.62. The first kappa shape index (κ1) is 5.83. The predicted molar refractivity (Wildman–Crippen MR) is 38.0 cm³/mol. The van der Waals surface area contributed by atoms with Crippen LogP contribution in [-0.2, 0) is 6.42 Å². The molecule has 0 saturated heterocycles. The molecular weight excluding hydrogens is 116 g/mol. The fourth-order valence-electron chi connectivity index (χ4n) is 0.630. The fourth-order valence-corrected chi connectivity index (χ4v) is 1.38. The zero-order valence-corrected chi connectivity index (χ0v) is 5.74.